The van der Waals surface area contributed by atoms with Crippen molar-refractivity contribution in [3.63, 3.8) is 0 Å². The quantitative estimate of drug-likeness (QED) is 0.590. The summed E-state index contributed by atoms with van der Waals surface area (Å²) in [5.41, 5.74) is 0.000199. The fourth-order valence-electron chi connectivity index (χ4n) is 3.79. The van der Waals surface area contributed by atoms with E-state index in [-0.39, 0.29) is 43.4 Å². The van der Waals surface area contributed by atoms with Crippen LogP contribution in [0, 0.1) is 0 Å². The van der Waals surface area contributed by atoms with Crippen LogP contribution in [-0.4, -0.2) is 68.6 Å². The lowest BCUT2D eigenvalue weighted by Crippen LogP contribution is -2.40. The second-order valence-corrected chi connectivity index (χ2v) is 7.55. The van der Waals surface area contributed by atoms with Gasteiger partial charge in [-0.25, -0.2) is 4.98 Å². The number of amides is 1. The molecule has 0 radical (unpaired) electrons. The van der Waals surface area contributed by atoms with Gasteiger partial charge in [0.1, 0.15) is 11.4 Å². The standard InChI is InChI=1S/C21H22F3N7O2/c1-14-7-10-29(18-16(21(22,23)24)13-25-20(28-18)33-2)11-12-30(14)19(32)15-5-3-4-6-17(15)31-26-8-9-27-31/h3-6,8-9,13-14H,7,10-12H2,1-2H3/t14-/m1/s1. The van der Waals surface area contributed by atoms with Crippen LogP contribution in [0.3, 0.4) is 0 Å². The number of para-hydroxylation sites is 1. The summed E-state index contributed by atoms with van der Waals surface area (Å²) in [6.45, 7) is 2.55. The Kier molecular flexibility index (Phi) is 6.16. The highest BCUT2D eigenvalue weighted by molar-refractivity contribution is 5.98. The van der Waals surface area contributed by atoms with Gasteiger partial charge in [0.15, 0.2) is 0 Å². The monoisotopic (exact) mass is 461 g/mol. The molecule has 1 saturated heterocycles. The number of halogens is 3. The minimum Gasteiger partial charge on any atom is -0.467 e. The summed E-state index contributed by atoms with van der Waals surface area (Å²) < 4.78 is 45.7. The molecule has 12 heteroatoms. The topological polar surface area (TPSA) is 89.3 Å². The third-order valence-corrected chi connectivity index (χ3v) is 5.52. The van der Waals surface area contributed by atoms with Gasteiger partial charge < -0.3 is 14.5 Å². The van der Waals surface area contributed by atoms with Crippen LogP contribution in [0.2, 0.25) is 0 Å². The third-order valence-electron chi connectivity index (χ3n) is 5.52. The van der Waals surface area contributed by atoms with Gasteiger partial charge in [0, 0.05) is 31.9 Å². The van der Waals surface area contributed by atoms with Gasteiger partial charge in [-0.1, -0.05) is 12.1 Å². The lowest BCUT2D eigenvalue weighted by atomic mass is 10.1. The first kappa shape index (κ1) is 22.5. The van der Waals surface area contributed by atoms with Crippen molar-refractivity contribution in [2.75, 3.05) is 31.6 Å². The van der Waals surface area contributed by atoms with Gasteiger partial charge in [0.05, 0.1) is 30.8 Å². The van der Waals surface area contributed by atoms with Crippen LogP contribution in [0.15, 0.2) is 42.9 Å². The molecule has 0 spiro atoms. The van der Waals surface area contributed by atoms with E-state index in [1.807, 2.05) is 6.92 Å². The van der Waals surface area contributed by atoms with Gasteiger partial charge in [0.2, 0.25) is 0 Å². The van der Waals surface area contributed by atoms with Gasteiger partial charge in [-0.05, 0) is 25.5 Å². The highest BCUT2D eigenvalue weighted by Gasteiger charge is 2.38. The summed E-state index contributed by atoms with van der Waals surface area (Å²) in [5.74, 6) is -0.495. The van der Waals surface area contributed by atoms with Crippen molar-refractivity contribution in [2.45, 2.75) is 25.6 Å². The molecule has 1 fully saturated rings. The molecule has 0 aliphatic carbocycles. The second kappa shape index (κ2) is 9.04. The van der Waals surface area contributed by atoms with E-state index in [4.69, 9.17) is 4.74 Å². The molecule has 0 bridgehead atoms. The van der Waals surface area contributed by atoms with Crippen LogP contribution in [0.25, 0.3) is 5.69 Å². The van der Waals surface area contributed by atoms with E-state index in [1.165, 1.54) is 29.2 Å². The number of carbonyl (C=O) groups excluding carboxylic acids is 1. The Hall–Kier alpha value is -3.70. The molecule has 1 atom stereocenters. The molecule has 2 aromatic heterocycles. The molecule has 33 heavy (non-hydrogen) atoms. The first-order valence-electron chi connectivity index (χ1n) is 10.3. The zero-order valence-corrected chi connectivity index (χ0v) is 18.0. The molecular weight excluding hydrogens is 439 g/mol. The fraction of sp³-hybridized carbons (Fsp3) is 0.381. The number of benzene rings is 1. The Bertz CT molecular complexity index is 1120. The van der Waals surface area contributed by atoms with E-state index in [1.54, 1.807) is 29.2 Å². The highest BCUT2D eigenvalue weighted by atomic mass is 19.4. The fourth-order valence-corrected chi connectivity index (χ4v) is 3.79. The molecule has 1 amide bonds. The van der Waals surface area contributed by atoms with E-state index in [9.17, 15) is 18.0 Å². The van der Waals surface area contributed by atoms with E-state index in [2.05, 4.69) is 20.2 Å². The van der Waals surface area contributed by atoms with Crippen LogP contribution in [0.5, 0.6) is 6.01 Å². The largest absolute Gasteiger partial charge is 0.467 e. The average molecular weight is 461 g/mol. The van der Waals surface area contributed by atoms with Crippen molar-refractivity contribution in [3.8, 4) is 11.7 Å². The number of ether oxygens (including phenoxy) is 1. The Morgan fingerprint density at radius 3 is 2.55 bits per heavy atom. The normalized spacial score (nSPS) is 17.1. The molecule has 1 aromatic carbocycles. The molecule has 3 aromatic rings. The van der Waals surface area contributed by atoms with E-state index in [0.29, 0.717) is 17.7 Å². The maximum atomic E-state index is 13.6. The molecule has 1 aliphatic heterocycles. The summed E-state index contributed by atoms with van der Waals surface area (Å²) in [5, 5.41) is 8.21. The van der Waals surface area contributed by atoms with Crippen LogP contribution in [0.1, 0.15) is 29.3 Å². The van der Waals surface area contributed by atoms with E-state index in [0.717, 1.165) is 6.20 Å². The van der Waals surface area contributed by atoms with Gasteiger partial charge in [-0.2, -0.15) is 33.1 Å². The van der Waals surface area contributed by atoms with Gasteiger partial charge >= 0.3 is 12.2 Å². The molecule has 0 saturated carbocycles. The SMILES string of the molecule is COc1ncc(C(F)(F)F)c(N2CC[C@@H](C)N(C(=O)c3ccccc3-n3nccn3)CC2)n1. The summed E-state index contributed by atoms with van der Waals surface area (Å²) in [6.07, 6.45) is -0.405. The van der Waals surface area contributed by atoms with Crippen LogP contribution >= 0.6 is 0 Å². The average Bonchev–Trinajstić information content (AvgIpc) is 3.27. The van der Waals surface area contributed by atoms with Crippen molar-refractivity contribution in [3.05, 3.63) is 54.0 Å². The van der Waals surface area contributed by atoms with Crippen molar-refractivity contribution in [1.29, 1.82) is 0 Å². The van der Waals surface area contributed by atoms with Crippen LogP contribution in [-0.2, 0) is 6.18 Å². The third kappa shape index (κ3) is 4.59. The number of alkyl halides is 3. The maximum Gasteiger partial charge on any atom is 0.421 e. The maximum absolute atomic E-state index is 13.6. The number of rotatable bonds is 4. The first-order valence-corrected chi connectivity index (χ1v) is 10.3. The van der Waals surface area contributed by atoms with E-state index < -0.39 is 11.7 Å². The summed E-state index contributed by atoms with van der Waals surface area (Å²) in [7, 11) is 1.29. The number of carbonyl (C=O) groups is 1. The number of hydrogen-bond donors (Lipinski definition) is 0. The zero-order valence-electron chi connectivity index (χ0n) is 18.0. The Morgan fingerprint density at radius 2 is 1.85 bits per heavy atom. The predicted molar refractivity (Wildman–Crippen MR) is 112 cm³/mol. The van der Waals surface area contributed by atoms with Crippen molar-refractivity contribution in [2.24, 2.45) is 0 Å². The molecule has 174 valence electrons. The molecule has 0 unspecified atom stereocenters. The second-order valence-electron chi connectivity index (χ2n) is 7.55. The molecule has 1 aliphatic rings. The minimum atomic E-state index is -4.62. The minimum absolute atomic E-state index is 0.149. The van der Waals surface area contributed by atoms with Gasteiger partial charge in [0.25, 0.3) is 5.91 Å². The number of aromatic nitrogens is 5. The van der Waals surface area contributed by atoms with Gasteiger partial charge in [-0.3, -0.25) is 4.79 Å². The van der Waals surface area contributed by atoms with Crippen molar-refractivity contribution < 1.29 is 22.7 Å². The summed E-state index contributed by atoms with van der Waals surface area (Å²) in [4.78, 5) is 25.6. The lowest BCUT2D eigenvalue weighted by Gasteiger charge is -2.27. The van der Waals surface area contributed by atoms with Crippen LogP contribution in [0.4, 0.5) is 19.0 Å². The molecule has 0 N–H and O–H groups in total. The van der Waals surface area contributed by atoms with Crippen molar-refractivity contribution >= 4 is 11.7 Å². The zero-order chi connectivity index (χ0) is 23.6. The Morgan fingerprint density at radius 1 is 1.12 bits per heavy atom. The van der Waals surface area contributed by atoms with Crippen molar-refractivity contribution in [1.82, 2.24) is 29.9 Å². The summed E-state index contributed by atoms with van der Waals surface area (Å²) >= 11 is 0. The number of methoxy groups -OCH3 is 1. The number of nitrogens with zero attached hydrogens (tertiary/aromatic N) is 7. The molecule has 9 nitrogen and oxygen atoms in total. The summed E-state index contributed by atoms with van der Waals surface area (Å²) in [6, 6.07) is 6.60. The lowest BCUT2D eigenvalue weighted by molar-refractivity contribution is -0.137. The predicted octanol–water partition coefficient (Wildman–Crippen LogP) is 2.83. The molecular formula is C21H22F3N7O2. The highest BCUT2D eigenvalue weighted by Crippen LogP contribution is 2.36. The van der Waals surface area contributed by atoms with Crippen LogP contribution < -0.4 is 9.64 Å². The van der Waals surface area contributed by atoms with E-state index >= 15 is 0 Å². The smallest absolute Gasteiger partial charge is 0.421 e. The number of hydrogen-bond acceptors (Lipinski definition) is 7. The Balaban J connectivity index is 1.62. The molecule has 4 rings (SSSR count). The first-order chi connectivity index (χ1) is 15.8. The van der Waals surface area contributed by atoms with Gasteiger partial charge in [-0.15, -0.1) is 0 Å². The molecule has 3 heterocycles. The number of anilines is 1. The Labute approximate surface area is 187 Å².